The topological polar surface area (TPSA) is 59.8 Å². The van der Waals surface area contributed by atoms with Gasteiger partial charge in [-0.15, -0.1) is 0 Å². The highest BCUT2D eigenvalue weighted by molar-refractivity contribution is 6.03. The van der Waals surface area contributed by atoms with Gasteiger partial charge in [-0.3, -0.25) is 9.48 Å². The van der Waals surface area contributed by atoms with Gasteiger partial charge in [0.2, 0.25) is 0 Å². The van der Waals surface area contributed by atoms with Crippen molar-refractivity contribution in [3.63, 3.8) is 0 Å². The molecule has 0 unspecified atom stereocenters. The molecule has 5 nitrogen and oxygen atoms in total. The summed E-state index contributed by atoms with van der Waals surface area (Å²) < 4.78 is 1.68. The molecule has 1 aliphatic rings. The van der Waals surface area contributed by atoms with Gasteiger partial charge in [0.05, 0.1) is 6.54 Å². The van der Waals surface area contributed by atoms with E-state index in [2.05, 4.69) is 15.4 Å². The lowest BCUT2D eigenvalue weighted by Gasteiger charge is -2.05. The van der Waals surface area contributed by atoms with Crippen LogP contribution in [0.4, 0.5) is 5.82 Å². The Bertz CT molecular complexity index is 573. The molecule has 0 radical (unpaired) electrons. The van der Waals surface area contributed by atoms with Gasteiger partial charge >= 0.3 is 0 Å². The molecule has 0 aliphatic carbocycles. The average molecular weight is 214 g/mol. The SMILES string of the molecule is Cc1cnc2c(c1)Cn1nccc1C(=O)N2. The number of anilines is 1. The summed E-state index contributed by atoms with van der Waals surface area (Å²) in [6.45, 7) is 2.55. The van der Waals surface area contributed by atoms with E-state index in [4.69, 9.17) is 0 Å². The maximum absolute atomic E-state index is 11.8. The van der Waals surface area contributed by atoms with Crippen molar-refractivity contribution in [3.05, 3.63) is 41.3 Å². The van der Waals surface area contributed by atoms with Gasteiger partial charge in [-0.25, -0.2) is 4.98 Å². The first-order valence-electron chi connectivity index (χ1n) is 5.03. The molecule has 2 aromatic heterocycles. The number of hydrogen-bond donors (Lipinski definition) is 1. The summed E-state index contributed by atoms with van der Waals surface area (Å²) in [5, 5.41) is 6.90. The molecule has 1 amide bonds. The number of carbonyl (C=O) groups excluding carboxylic acids is 1. The van der Waals surface area contributed by atoms with Crippen LogP contribution in [0.1, 0.15) is 21.6 Å². The van der Waals surface area contributed by atoms with Crippen molar-refractivity contribution in [2.75, 3.05) is 5.32 Å². The van der Waals surface area contributed by atoms with Crippen LogP contribution in [0.15, 0.2) is 24.5 Å². The number of pyridine rings is 1. The van der Waals surface area contributed by atoms with Gasteiger partial charge in [0, 0.05) is 18.0 Å². The second kappa shape index (κ2) is 3.16. The fourth-order valence-electron chi connectivity index (χ4n) is 1.85. The molecule has 80 valence electrons. The summed E-state index contributed by atoms with van der Waals surface area (Å²) >= 11 is 0. The van der Waals surface area contributed by atoms with Crippen molar-refractivity contribution in [2.45, 2.75) is 13.5 Å². The third-order valence-corrected chi connectivity index (χ3v) is 2.60. The molecule has 0 aromatic carbocycles. The Morgan fingerprint density at radius 2 is 2.38 bits per heavy atom. The fourth-order valence-corrected chi connectivity index (χ4v) is 1.85. The second-order valence-corrected chi connectivity index (χ2v) is 3.85. The predicted octanol–water partition coefficient (Wildman–Crippen LogP) is 1.20. The zero-order chi connectivity index (χ0) is 11.1. The number of aryl methyl sites for hydroxylation is 1. The Hall–Kier alpha value is -2.17. The Kier molecular flexibility index (Phi) is 1.80. The van der Waals surface area contributed by atoms with E-state index in [9.17, 15) is 4.79 Å². The van der Waals surface area contributed by atoms with Crippen molar-refractivity contribution in [1.29, 1.82) is 0 Å². The first kappa shape index (κ1) is 9.08. The van der Waals surface area contributed by atoms with Gasteiger partial charge in [0.1, 0.15) is 11.5 Å². The molecule has 0 fully saturated rings. The first-order valence-corrected chi connectivity index (χ1v) is 5.03. The number of rotatable bonds is 0. The van der Waals surface area contributed by atoms with Crippen molar-refractivity contribution in [2.24, 2.45) is 0 Å². The maximum atomic E-state index is 11.8. The number of hydrogen-bond acceptors (Lipinski definition) is 3. The molecule has 3 rings (SSSR count). The van der Waals surface area contributed by atoms with Crippen molar-refractivity contribution < 1.29 is 4.79 Å². The van der Waals surface area contributed by atoms with Crippen LogP contribution in [0.3, 0.4) is 0 Å². The fraction of sp³-hybridized carbons (Fsp3) is 0.182. The summed E-state index contributed by atoms with van der Waals surface area (Å²) in [6.07, 6.45) is 3.37. The minimum absolute atomic E-state index is 0.160. The highest BCUT2D eigenvalue weighted by Crippen LogP contribution is 2.20. The Balaban J connectivity index is 2.17. The van der Waals surface area contributed by atoms with E-state index in [1.54, 1.807) is 23.1 Å². The molecule has 0 bridgehead atoms. The van der Waals surface area contributed by atoms with Crippen LogP contribution in [0.5, 0.6) is 0 Å². The number of fused-ring (bicyclic) bond motifs is 2. The van der Waals surface area contributed by atoms with E-state index < -0.39 is 0 Å². The quantitative estimate of drug-likeness (QED) is 0.716. The summed E-state index contributed by atoms with van der Waals surface area (Å²) in [7, 11) is 0. The van der Waals surface area contributed by atoms with Gasteiger partial charge in [-0.1, -0.05) is 0 Å². The molecular formula is C11H10N4O. The van der Waals surface area contributed by atoms with Gasteiger partial charge in [-0.2, -0.15) is 5.10 Å². The summed E-state index contributed by atoms with van der Waals surface area (Å²) in [5.74, 6) is 0.466. The molecule has 5 heteroatoms. The van der Waals surface area contributed by atoms with Gasteiger partial charge in [0.25, 0.3) is 5.91 Å². The van der Waals surface area contributed by atoms with Crippen LogP contribution in [0, 0.1) is 6.92 Å². The Labute approximate surface area is 92.1 Å². The summed E-state index contributed by atoms with van der Waals surface area (Å²) in [5.41, 5.74) is 2.62. The summed E-state index contributed by atoms with van der Waals surface area (Å²) in [6, 6.07) is 3.72. The van der Waals surface area contributed by atoms with Gasteiger partial charge in [0.15, 0.2) is 0 Å². The molecule has 1 aliphatic heterocycles. The Morgan fingerprint density at radius 1 is 1.50 bits per heavy atom. The van der Waals surface area contributed by atoms with Crippen LogP contribution in [0.2, 0.25) is 0 Å². The monoisotopic (exact) mass is 214 g/mol. The summed E-state index contributed by atoms with van der Waals surface area (Å²) in [4.78, 5) is 16.0. The van der Waals surface area contributed by atoms with E-state index >= 15 is 0 Å². The average Bonchev–Trinajstić information content (AvgIpc) is 2.65. The smallest absolute Gasteiger partial charge is 0.275 e. The van der Waals surface area contributed by atoms with Crippen LogP contribution >= 0.6 is 0 Å². The largest absolute Gasteiger partial charge is 0.305 e. The third kappa shape index (κ3) is 1.29. The predicted molar refractivity (Wildman–Crippen MR) is 58.3 cm³/mol. The zero-order valence-corrected chi connectivity index (χ0v) is 8.77. The highest BCUT2D eigenvalue weighted by Gasteiger charge is 2.19. The molecule has 1 N–H and O–H groups in total. The van der Waals surface area contributed by atoms with Crippen molar-refractivity contribution >= 4 is 11.7 Å². The first-order chi connectivity index (χ1) is 7.74. The van der Waals surface area contributed by atoms with Gasteiger partial charge < -0.3 is 5.32 Å². The van der Waals surface area contributed by atoms with E-state index in [0.717, 1.165) is 11.1 Å². The number of nitrogens with zero attached hydrogens (tertiary/aromatic N) is 3. The number of carbonyl (C=O) groups is 1. The maximum Gasteiger partial charge on any atom is 0.275 e. The number of aromatic nitrogens is 3. The Morgan fingerprint density at radius 3 is 3.25 bits per heavy atom. The third-order valence-electron chi connectivity index (χ3n) is 2.60. The minimum atomic E-state index is -0.160. The minimum Gasteiger partial charge on any atom is -0.305 e. The molecular weight excluding hydrogens is 204 g/mol. The molecule has 0 saturated carbocycles. The molecule has 2 aromatic rings. The van der Waals surface area contributed by atoms with Crippen LogP contribution < -0.4 is 5.32 Å². The van der Waals surface area contributed by atoms with E-state index in [0.29, 0.717) is 18.1 Å². The lowest BCUT2D eigenvalue weighted by Crippen LogP contribution is -2.14. The van der Waals surface area contributed by atoms with E-state index in [1.165, 1.54) is 0 Å². The molecule has 3 heterocycles. The van der Waals surface area contributed by atoms with Gasteiger partial charge in [-0.05, 0) is 24.6 Å². The molecule has 16 heavy (non-hydrogen) atoms. The molecule has 0 spiro atoms. The second-order valence-electron chi connectivity index (χ2n) is 3.85. The zero-order valence-electron chi connectivity index (χ0n) is 8.77. The van der Waals surface area contributed by atoms with E-state index in [1.807, 2.05) is 13.0 Å². The number of nitrogens with one attached hydrogen (secondary N) is 1. The van der Waals surface area contributed by atoms with Crippen LogP contribution in [-0.2, 0) is 6.54 Å². The highest BCUT2D eigenvalue weighted by atomic mass is 16.2. The lowest BCUT2D eigenvalue weighted by atomic mass is 10.2. The molecule has 0 saturated heterocycles. The van der Waals surface area contributed by atoms with Crippen LogP contribution in [-0.4, -0.2) is 20.7 Å². The van der Waals surface area contributed by atoms with Crippen molar-refractivity contribution in [3.8, 4) is 0 Å². The van der Waals surface area contributed by atoms with Crippen LogP contribution in [0.25, 0.3) is 0 Å². The van der Waals surface area contributed by atoms with Crippen molar-refractivity contribution in [1.82, 2.24) is 14.8 Å². The normalized spacial score (nSPS) is 13.7. The standard InChI is InChI=1S/C11H10N4O/c1-7-4-8-6-15-9(2-3-13-15)11(16)14-10(8)12-5-7/h2-5H,6H2,1H3,(H,12,14,16). The molecule has 0 atom stereocenters. The number of amides is 1. The van der Waals surface area contributed by atoms with E-state index in [-0.39, 0.29) is 5.91 Å². The lowest BCUT2D eigenvalue weighted by molar-refractivity contribution is 0.101.